The first-order valence-corrected chi connectivity index (χ1v) is 13.1. The van der Waals surface area contributed by atoms with Gasteiger partial charge in [0.2, 0.25) is 17.7 Å². The Bertz CT molecular complexity index is 1040. The highest BCUT2D eigenvalue weighted by atomic mass is 16.6. The Morgan fingerprint density at radius 2 is 1.64 bits per heavy atom. The number of ether oxygens (including phenoxy) is 2. The molecule has 1 aromatic carbocycles. The molecule has 11 nitrogen and oxygen atoms in total. The van der Waals surface area contributed by atoms with Crippen LogP contribution in [0.25, 0.3) is 0 Å². The summed E-state index contributed by atoms with van der Waals surface area (Å²) in [6, 6.07) is 5.27. The van der Waals surface area contributed by atoms with Crippen LogP contribution in [0.2, 0.25) is 0 Å². The van der Waals surface area contributed by atoms with Gasteiger partial charge in [0.1, 0.15) is 29.8 Å². The zero-order valence-electron chi connectivity index (χ0n) is 23.2. The molecule has 4 N–H and O–H groups in total. The van der Waals surface area contributed by atoms with Crippen molar-refractivity contribution in [1.82, 2.24) is 21.3 Å². The topological polar surface area (TPSA) is 152 Å². The summed E-state index contributed by atoms with van der Waals surface area (Å²) in [7, 11) is 1.25. The molecule has 0 spiro atoms. The first-order valence-electron chi connectivity index (χ1n) is 13.1. The van der Waals surface area contributed by atoms with E-state index in [9.17, 15) is 24.0 Å². The van der Waals surface area contributed by atoms with E-state index < -0.39 is 59.6 Å². The Labute approximate surface area is 229 Å². The van der Waals surface area contributed by atoms with Gasteiger partial charge in [0.25, 0.3) is 0 Å². The minimum absolute atomic E-state index is 0.149. The Morgan fingerprint density at radius 3 is 2.26 bits per heavy atom. The van der Waals surface area contributed by atoms with Crippen LogP contribution >= 0.6 is 0 Å². The van der Waals surface area contributed by atoms with Gasteiger partial charge < -0.3 is 30.7 Å². The van der Waals surface area contributed by atoms with Crippen LogP contribution < -0.4 is 21.3 Å². The molecule has 11 heteroatoms. The predicted molar refractivity (Wildman–Crippen MR) is 144 cm³/mol. The number of alkyl carbamates (subject to hydrolysis) is 1. The maximum atomic E-state index is 13.4. The van der Waals surface area contributed by atoms with Crippen LogP contribution in [0.1, 0.15) is 58.9 Å². The Kier molecular flexibility index (Phi) is 12.0. The van der Waals surface area contributed by atoms with Gasteiger partial charge in [-0.2, -0.15) is 0 Å². The molecule has 2 rings (SSSR count). The van der Waals surface area contributed by atoms with Crippen molar-refractivity contribution in [3.05, 3.63) is 48.0 Å². The normalized spacial score (nSPS) is 20.3. The lowest BCUT2D eigenvalue weighted by molar-refractivity contribution is -0.145. The summed E-state index contributed by atoms with van der Waals surface area (Å²) in [5.74, 6) is -2.25. The van der Waals surface area contributed by atoms with Crippen LogP contribution in [0.4, 0.5) is 4.79 Å². The van der Waals surface area contributed by atoms with Crippen molar-refractivity contribution in [3.8, 4) is 0 Å². The van der Waals surface area contributed by atoms with Crippen LogP contribution in [0.5, 0.6) is 0 Å². The second kappa shape index (κ2) is 14.9. The van der Waals surface area contributed by atoms with E-state index in [1.165, 1.54) is 14.0 Å². The summed E-state index contributed by atoms with van der Waals surface area (Å²) >= 11 is 0. The fourth-order valence-electron chi connectivity index (χ4n) is 3.87. The molecule has 4 amide bonds. The number of allylic oxidation sites excluding steroid dienone is 2. The van der Waals surface area contributed by atoms with Crippen molar-refractivity contribution in [1.29, 1.82) is 0 Å². The first-order chi connectivity index (χ1) is 18.4. The smallest absolute Gasteiger partial charge is 0.408 e. The fourth-order valence-corrected chi connectivity index (χ4v) is 3.87. The molecule has 0 saturated heterocycles. The number of carbonyl (C=O) groups excluding carboxylic acids is 5. The summed E-state index contributed by atoms with van der Waals surface area (Å²) in [5.41, 5.74) is 0.0449. The van der Waals surface area contributed by atoms with Crippen molar-refractivity contribution in [2.24, 2.45) is 0 Å². The second-order valence-corrected chi connectivity index (χ2v) is 10.4. The molecule has 0 radical (unpaired) electrons. The monoisotopic (exact) mass is 544 g/mol. The number of rotatable bonds is 8. The molecule has 0 aliphatic carbocycles. The van der Waals surface area contributed by atoms with Crippen LogP contribution in [-0.2, 0) is 35.1 Å². The van der Waals surface area contributed by atoms with Gasteiger partial charge in [-0.05, 0) is 58.9 Å². The maximum absolute atomic E-state index is 13.4. The lowest BCUT2D eigenvalue weighted by atomic mass is 10.0. The van der Waals surface area contributed by atoms with Gasteiger partial charge >= 0.3 is 12.1 Å². The third-order valence-electron chi connectivity index (χ3n) is 5.89. The highest BCUT2D eigenvalue weighted by Gasteiger charge is 2.31. The number of methoxy groups -OCH3 is 1. The number of benzene rings is 1. The molecule has 0 aromatic heterocycles. The third kappa shape index (κ3) is 11.2. The largest absolute Gasteiger partial charge is 0.467 e. The lowest BCUT2D eigenvalue weighted by Gasteiger charge is -2.26. The van der Waals surface area contributed by atoms with Crippen molar-refractivity contribution < 1.29 is 33.4 Å². The highest BCUT2D eigenvalue weighted by molar-refractivity contribution is 5.94. The number of hydrogen-bond acceptors (Lipinski definition) is 7. The molecule has 1 aromatic rings. The number of hydrogen-bond donors (Lipinski definition) is 4. The first kappa shape index (κ1) is 31.3. The average Bonchev–Trinajstić information content (AvgIpc) is 2.87. The standard InChI is InChI=1S/C28H40N4O7/c1-18(29-27(37)39-28(2,3)4)23(33)32-22(17-19-13-9-8-10-14-19)25(35)30-20-15-11-6-7-12-16-21(26(36)38-5)31-24(20)34/h6-10,13-14,18,20-22H,11-12,15-17H2,1-5H3,(H,29,37)(H,30,35)(H,31,34)(H,32,33)/b7-6+/t18-,20-,21-,22-/m0/s1. The van der Waals surface area contributed by atoms with Crippen molar-refractivity contribution >= 4 is 29.8 Å². The minimum Gasteiger partial charge on any atom is -0.467 e. The molecule has 0 unspecified atom stereocenters. The van der Waals surface area contributed by atoms with E-state index in [0.717, 1.165) is 5.56 Å². The van der Waals surface area contributed by atoms with E-state index in [4.69, 9.17) is 9.47 Å². The molecule has 0 bridgehead atoms. The Hall–Kier alpha value is -3.89. The number of nitrogens with one attached hydrogen (secondary N) is 4. The summed E-state index contributed by atoms with van der Waals surface area (Å²) in [6.07, 6.45) is 5.00. The SMILES string of the molecule is COC(=O)[C@@H]1CC/C=C/CC[C@H](NC(=O)[C@H](Cc2ccccc2)NC(=O)[C@H](C)NC(=O)OC(C)(C)C)C(=O)N1. The Balaban J connectivity index is 2.17. The Morgan fingerprint density at radius 1 is 1.00 bits per heavy atom. The second-order valence-electron chi connectivity index (χ2n) is 10.4. The van der Waals surface area contributed by atoms with Gasteiger partial charge in [0, 0.05) is 6.42 Å². The molecular formula is C28H40N4O7. The maximum Gasteiger partial charge on any atom is 0.408 e. The summed E-state index contributed by atoms with van der Waals surface area (Å²) in [5, 5.41) is 10.5. The predicted octanol–water partition coefficient (Wildman–Crippen LogP) is 1.90. The van der Waals surface area contributed by atoms with Gasteiger partial charge in [-0.1, -0.05) is 42.5 Å². The van der Waals surface area contributed by atoms with E-state index in [0.29, 0.717) is 25.7 Å². The molecule has 39 heavy (non-hydrogen) atoms. The highest BCUT2D eigenvalue weighted by Crippen LogP contribution is 2.10. The number of esters is 1. The van der Waals surface area contributed by atoms with Crippen LogP contribution in [0.15, 0.2) is 42.5 Å². The molecular weight excluding hydrogens is 504 g/mol. The summed E-state index contributed by atoms with van der Waals surface area (Å²) < 4.78 is 10.00. The lowest BCUT2D eigenvalue weighted by Crippen LogP contribution is -2.58. The van der Waals surface area contributed by atoms with E-state index in [1.807, 2.05) is 42.5 Å². The van der Waals surface area contributed by atoms with Gasteiger partial charge in [0.15, 0.2) is 0 Å². The van der Waals surface area contributed by atoms with E-state index in [2.05, 4.69) is 21.3 Å². The van der Waals surface area contributed by atoms with Crippen LogP contribution in [0, 0.1) is 0 Å². The van der Waals surface area contributed by atoms with Crippen molar-refractivity contribution in [3.63, 3.8) is 0 Å². The molecule has 1 aliphatic rings. The molecule has 0 saturated carbocycles. The third-order valence-corrected chi connectivity index (χ3v) is 5.89. The summed E-state index contributed by atoms with van der Waals surface area (Å²) in [6.45, 7) is 6.59. The number of amides is 4. The van der Waals surface area contributed by atoms with Gasteiger partial charge in [0.05, 0.1) is 7.11 Å². The quantitative estimate of drug-likeness (QED) is 0.288. The van der Waals surface area contributed by atoms with Crippen LogP contribution in [0.3, 0.4) is 0 Å². The van der Waals surface area contributed by atoms with Gasteiger partial charge in [-0.15, -0.1) is 0 Å². The van der Waals surface area contributed by atoms with Crippen LogP contribution in [-0.4, -0.2) is 66.7 Å². The molecule has 214 valence electrons. The fraction of sp³-hybridized carbons (Fsp3) is 0.536. The summed E-state index contributed by atoms with van der Waals surface area (Å²) in [4.78, 5) is 63.6. The zero-order valence-corrected chi connectivity index (χ0v) is 23.2. The van der Waals surface area contributed by atoms with E-state index >= 15 is 0 Å². The molecule has 1 aliphatic heterocycles. The minimum atomic E-state index is -1.04. The van der Waals surface area contributed by atoms with Gasteiger partial charge in [-0.3, -0.25) is 14.4 Å². The molecule has 4 atom stereocenters. The zero-order chi connectivity index (χ0) is 29.0. The average molecular weight is 545 g/mol. The van der Waals surface area contributed by atoms with E-state index in [1.54, 1.807) is 20.8 Å². The van der Waals surface area contributed by atoms with E-state index in [-0.39, 0.29) is 6.42 Å². The van der Waals surface area contributed by atoms with Gasteiger partial charge in [-0.25, -0.2) is 9.59 Å². The van der Waals surface area contributed by atoms with Crippen molar-refractivity contribution in [2.45, 2.75) is 89.6 Å². The van der Waals surface area contributed by atoms with Crippen molar-refractivity contribution in [2.75, 3.05) is 7.11 Å². The molecule has 0 fully saturated rings. The molecule has 1 heterocycles. The number of carbonyl (C=O) groups is 5.